The molecule has 0 aliphatic heterocycles. The van der Waals surface area contributed by atoms with Crippen LogP contribution in [-0.2, 0) is 12.6 Å². The summed E-state index contributed by atoms with van der Waals surface area (Å²) in [5.74, 6) is -1.32. The summed E-state index contributed by atoms with van der Waals surface area (Å²) in [6.07, 6.45) is -4.70. The summed E-state index contributed by atoms with van der Waals surface area (Å²) in [5, 5.41) is 8.92. The summed E-state index contributed by atoms with van der Waals surface area (Å²) >= 11 is 0. The minimum Gasteiger partial charge on any atom is -0.394 e. The largest absolute Gasteiger partial charge is 0.419 e. The van der Waals surface area contributed by atoms with Gasteiger partial charge in [0.05, 0.1) is 12.2 Å². The SMILES string of the molecule is CC(N)(CO)Cc1ccc(F)c(C(F)(F)F)c1. The molecule has 0 amide bonds. The summed E-state index contributed by atoms with van der Waals surface area (Å²) in [7, 11) is 0. The molecule has 0 heterocycles. The number of aliphatic hydroxyl groups excluding tert-OH is 1. The molecule has 1 aromatic carbocycles. The summed E-state index contributed by atoms with van der Waals surface area (Å²) in [4.78, 5) is 0. The van der Waals surface area contributed by atoms with Crippen LogP contribution in [0.1, 0.15) is 18.1 Å². The van der Waals surface area contributed by atoms with Gasteiger partial charge in [-0.15, -0.1) is 0 Å². The molecule has 0 spiro atoms. The van der Waals surface area contributed by atoms with Gasteiger partial charge in [0.2, 0.25) is 0 Å². The molecule has 1 rings (SSSR count). The molecule has 1 unspecified atom stereocenters. The maximum atomic E-state index is 13.0. The molecular formula is C11H13F4NO. The van der Waals surface area contributed by atoms with Gasteiger partial charge in [-0.25, -0.2) is 4.39 Å². The van der Waals surface area contributed by atoms with E-state index in [4.69, 9.17) is 10.8 Å². The maximum absolute atomic E-state index is 13.0. The van der Waals surface area contributed by atoms with Crippen molar-refractivity contribution in [3.63, 3.8) is 0 Å². The van der Waals surface area contributed by atoms with E-state index in [-0.39, 0.29) is 18.6 Å². The number of halogens is 4. The Morgan fingerprint density at radius 2 is 1.88 bits per heavy atom. The second-order valence-corrected chi connectivity index (χ2v) is 4.30. The van der Waals surface area contributed by atoms with Crippen LogP contribution in [0.25, 0.3) is 0 Å². The van der Waals surface area contributed by atoms with Crippen LogP contribution in [0.15, 0.2) is 18.2 Å². The number of rotatable bonds is 3. The van der Waals surface area contributed by atoms with Crippen LogP contribution in [0.2, 0.25) is 0 Å². The predicted molar refractivity (Wildman–Crippen MR) is 54.8 cm³/mol. The monoisotopic (exact) mass is 251 g/mol. The summed E-state index contributed by atoms with van der Waals surface area (Å²) in [6.45, 7) is 1.13. The van der Waals surface area contributed by atoms with Crippen molar-refractivity contribution in [1.29, 1.82) is 0 Å². The topological polar surface area (TPSA) is 46.2 Å². The van der Waals surface area contributed by atoms with E-state index in [0.29, 0.717) is 0 Å². The third-order valence-electron chi connectivity index (χ3n) is 2.31. The van der Waals surface area contributed by atoms with Crippen LogP contribution in [0.5, 0.6) is 0 Å². The average molecular weight is 251 g/mol. The van der Waals surface area contributed by atoms with E-state index in [1.165, 1.54) is 13.0 Å². The molecule has 0 saturated heterocycles. The van der Waals surface area contributed by atoms with Gasteiger partial charge in [-0.1, -0.05) is 6.07 Å². The molecule has 0 bridgehead atoms. The number of benzene rings is 1. The molecule has 96 valence electrons. The molecule has 1 aromatic rings. The van der Waals surface area contributed by atoms with Crippen molar-refractivity contribution in [2.45, 2.75) is 25.1 Å². The van der Waals surface area contributed by atoms with Gasteiger partial charge in [0.15, 0.2) is 0 Å². The smallest absolute Gasteiger partial charge is 0.394 e. The highest BCUT2D eigenvalue weighted by molar-refractivity contribution is 5.28. The van der Waals surface area contributed by atoms with Crippen molar-refractivity contribution in [3.05, 3.63) is 35.1 Å². The van der Waals surface area contributed by atoms with Gasteiger partial charge >= 0.3 is 6.18 Å². The lowest BCUT2D eigenvalue weighted by atomic mass is 9.94. The fourth-order valence-electron chi connectivity index (χ4n) is 1.42. The Balaban J connectivity index is 3.06. The van der Waals surface area contributed by atoms with Crippen molar-refractivity contribution in [2.24, 2.45) is 5.73 Å². The van der Waals surface area contributed by atoms with Crippen molar-refractivity contribution in [2.75, 3.05) is 6.61 Å². The third kappa shape index (κ3) is 3.67. The zero-order chi connectivity index (χ0) is 13.3. The number of hydrogen-bond donors (Lipinski definition) is 2. The fraction of sp³-hybridized carbons (Fsp3) is 0.455. The first-order chi connectivity index (χ1) is 7.65. The zero-order valence-electron chi connectivity index (χ0n) is 9.18. The Morgan fingerprint density at radius 3 is 2.35 bits per heavy atom. The lowest BCUT2D eigenvalue weighted by molar-refractivity contribution is -0.140. The Bertz CT molecular complexity index is 401. The van der Waals surface area contributed by atoms with Gasteiger partial charge in [-0.05, 0) is 31.0 Å². The Morgan fingerprint density at radius 1 is 1.29 bits per heavy atom. The van der Waals surface area contributed by atoms with Gasteiger partial charge in [-0.2, -0.15) is 13.2 Å². The standard InChI is InChI=1S/C11H13F4NO/c1-10(16,6-17)5-7-2-3-9(12)8(4-7)11(13,14)15/h2-4,17H,5-6,16H2,1H3. The van der Waals surface area contributed by atoms with Crippen molar-refractivity contribution in [3.8, 4) is 0 Å². The van der Waals surface area contributed by atoms with Crippen LogP contribution >= 0.6 is 0 Å². The number of alkyl halides is 3. The van der Waals surface area contributed by atoms with E-state index in [9.17, 15) is 17.6 Å². The van der Waals surface area contributed by atoms with E-state index < -0.39 is 23.1 Å². The van der Waals surface area contributed by atoms with Gasteiger partial charge < -0.3 is 10.8 Å². The van der Waals surface area contributed by atoms with Gasteiger partial charge in [-0.3, -0.25) is 0 Å². The second kappa shape index (κ2) is 4.62. The summed E-state index contributed by atoms with van der Waals surface area (Å²) < 4.78 is 50.2. The predicted octanol–water partition coefficient (Wildman–Crippen LogP) is 2.10. The van der Waals surface area contributed by atoms with Crippen LogP contribution < -0.4 is 5.73 Å². The first-order valence-electron chi connectivity index (χ1n) is 4.91. The van der Waals surface area contributed by atoms with Crippen molar-refractivity contribution >= 4 is 0 Å². The molecule has 17 heavy (non-hydrogen) atoms. The van der Waals surface area contributed by atoms with E-state index in [2.05, 4.69) is 0 Å². The number of hydrogen-bond acceptors (Lipinski definition) is 2. The van der Waals surface area contributed by atoms with Crippen LogP contribution in [0.3, 0.4) is 0 Å². The first-order valence-corrected chi connectivity index (χ1v) is 4.91. The quantitative estimate of drug-likeness (QED) is 0.808. The van der Waals surface area contributed by atoms with Crippen molar-refractivity contribution in [1.82, 2.24) is 0 Å². The van der Waals surface area contributed by atoms with E-state index >= 15 is 0 Å². The van der Waals surface area contributed by atoms with Crippen LogP contribution in [0.4, 0.5) is 17.6 Å². The Labute approximate surface area is 96.1 Å². The molecule has 0 fully saturated rings. The van der Waals surface area contributed by atoms with Gasteiger partial charge in [0.25, 0.3) is 0 Å². The fourth-order valence-corrected chi connectivity index (χ4v) is 1.42. The molecule has 0 radical (unpaired) electrons. The van der Waals surface area contributed by atoms with Crippen molar-refractivity contribution < 1.29 is 22.7 Å². The van der Waals surface area contributed by atoms with E-state index in [1.54, 1.807) is 0 Å². The van der Waals surface area contributed by atoms with E-state index in [1.807, 2.05) is 0 Å². The highest BCUT2D eigenvalue weighted by Gasteiger charge is 2.34. The molecule has 3 N–H and O–H groups in total. The molecular weight excluding hydrogens is 238 g/mol. The average Bonchev–Trinajstić information content (AvgIpc) is 2.19. The minimum absolute atomic E-state index is 0.0346. The van der Waals surface area contributed by atoms with E-state index in [0.717, 1.165) is 12.1 Å². The third-order valence-corrected chi connectivity index (χ3v) is 2.31. The summed E-state index contributed by atoms with van der Waals surface area (Å²) in [5.41, 5.74) is 3.51. The van der Waals surface area contributed by atoms with Gasteiger partial charge in [0.1, 0.15) is 5.82 Å². The Hall–Kier alpha value is -1.14. The first kappa shape index (κ1) is 13.9. The Kier molecular flexibility index (Phi) is 3.78. The highest BCUT2D eigenvalue weighted by Crippen LogP contribution is 2.32. The molecule has 0 aromatic heterocycles. The molecule has 0 aliphatic carbocycles. The van der Waals surface area contributed by atoms with Gasteiger partial charge in [0, 0.05) is 5.54 Å². The normalized spacial score (nSPS) is 15.7. The second-order valence-electron chi connectivity index (χ2n) is 4.30. The minimum atomic E-state index is -4.73. The zero-order valence-corrected chi connectivity index (χ0v) is 9.18. The number of nitrogens with two attached hydrogens (primary N) is 1. The van der Waals surface area contributed by atoms with Crippen LogP contribution in [-0.4, -0.2) is 17.3 Å². The number of aliphatic hydroxyl groups is 1. The lowest BCUT2D eigenvalue weighted by Crippen LogP contribution is -2.42. The lowest BCUT2D eigenvalue weighted by Gasteiger charge is -2.22. The highest BCUT2D eigenvalue weighted by atomic mass is 19.4. The molecule has 2 nitrogen and oxygen atoms in total. The van der Waals surface area contributed by atoms with Crippen LogP contribution in [0, 0.1) is 5.82 Å². The summed E-state index contributed by atoms with van der Waals surface area (Å²) in [6, 6.07) is 2.70. The molecule has 0 aliphatic rings. The molecule has 1 atom stereocenters. The molecule has 0 saturated carbocycles. The maximum Gasteiger partial charge on any atom is 0.419 e. The molecule has 6 heteroatoms.